The average Bonchev–Trinajstić information content (AvgIpc) is 3.13. The van der Waals surface area contributed by atoms with Crippen LogP contribution in [0.1, 0.15) is 72.6 Å². The Labute approximate surface area is 215 Å². The Morgan fingerprint density at radius 3 is 2.51 bits per heavy atom. The number of allylic oxidation sites excluding steroid dienone is 4. The molecule has 0 radical (unpaired) electrons. The zero-order chi connectivity index (χ0) is 27.4. The number of aliphatic hydroxyl groups is 1. The van der Waals surface area contributed by atoms with Crippen molar-refractivity contribution in [2.45, 2.75) is 96.2 Å². The van der Waals surface area contributed by atoms with Gasteiger partial charge in [-0.1, -0.05) is 26.8 Å². The molecule has 9 heteroatoms. The van der Waals surface area contributed by atoms with Crippen LogP contribution < -0.4 is 0 Å². The van der Waals surface area contributed by atoms with Crippen LogP contribution in [0.4, 0.5) is 8.78 Å². The van der Waals surface area contributed by atoms with E-state index >= 15 is 8.78 Å². The highest BCUT2D eigenvalue weighted by atomic mass is 19.1. The van der Waals surface area contributed by atoms with Gasteiger partial charge in [-0.25, -0.2) is 8.78 Å². The predicted octanol–water partition coefficient (Wildman–Crippen LogP) is 3.91. The standard InChI is InChI=1S/C28H36F2O7/c1-5-7-24(35)36-15-22(33)27(37-23(34)6-2)11-9-17-18-13-20(29)19-12-16(31)8-10-25(19,3)28(18,30)21(32)14-26(17,27)4/h8,10,12,17-18,20-21,32H,5-7,9,11,13-15H2,1-4H3/t17?,18?,20-,21?,25?,26?,27-,28-/m0/s1. The topological polar surface area (TPSA) is 107 Å². The quantitative estimate of drug-likeness (QED) is 0.505. The smallest absolute Gasteiger partial charge is 0.306 e. The molecular weight excluding hydrogens is 486 g/mol. The number of hydrogen-bond acceptors (Lipinski definition) is 7. The molecule has 37 heavy (non-hydrogen) atoms. The molecule has 0 bridgehead atoms. The van der Waals surface area contributed by atoms with Crippen LogP contribution in [0.5, 0.6) is 0 Å². The minimum atomic E-state index is -2.30. The van der Waals surface area contributed by atoms with Gasteiger partial charge < -0.3 is 14.6 Å². The highest BCUT2D eigenvalue weighted by molar-refractivity contribution is 6.01. The molecule has 5 unspecified atom stereocenters. The molecule has 4 rings (SSSR count). The van der Waals surface area contributed by atoms with E-state index in [1.807, 2.05) is 0 Å². The van der Waals surface area contributed by atoms with Gasteiger partial charge in [-0.3, -0.25) is 19.2 Å². The van der Waals surface area contributed by atoms with Gasteiger partial charge in [-0.05, 0) is 62.7 Å². The summed E-state index contributed by atoms with van der Waals surface area (Å²) in [6.07, 6.45) is 0.907. The Morgan fingerprint density at radius 1 is 1.16 bits per heavy atom. The first-order valence-corrected chi connectivity index (χ1v) is 13.2. The molecule has 0 aromatic heterocycles. The molecule has 1 N–H and O–H groups in total. The van der Waals surface area contributed by atoms with E-state index in [1.165, 1.54) is 19.1 Å². The number of carbonyl (C=O) groups is 4. The maximum absolute atomic E-state index is 17.3. The van der Waals surface area contributed by atoms with Gasteiger partial charge >= 0.3 is 11.9 Å². The van der Waals surface area contributed by atoms with Gasteiger partial charge in [0.1, 0.15) is 6.17 Å². The van der Waals surface area contributed by atoms with Crippen molar-refractivity contribution in [2.24, 2.45) is 22.7 Å². The number of carbonyl (C=O) groups excluding carboxylic acids is 4. The molecule has 3 fully saturated rings. The predicted molar refractivity (Wildman–Crippen MR) is 129 cm³/mol. The molecule has 4 aliphatic rings. The molecule has 3 saturated carbocycles. The number of ether oxygens (including phenoxy) is 2. The summed E-state index contributed by atoms with van der Waals surface area (Å²) in [6, 6.07) is 0. The molecule has 204 valence electrons. The molecule has 0 spiro atoms. The number of esters is 2. The van der Waals surface area contributed by atoms with E-state index in [4.69, 9.17) is 9.47 Å². The normalized spacial score (nSPS) is 42.2. The fraction of sp³-hybridized carbons (Fsp3) is 0.714. The number of aliphatic hydroxyl groups excluding tert-OH is 1. The third-order valence-electron chi connectivity index (χ3n) is 9.59. The second-order valence-corrected chi connectivity index (χ2v) is 11.4. The molecule has 0 saturated heterocycles. The summed E-state index contributed by atoms with van der Waals surface area (Å²) in [5, 5.41) is 11.4. The van der Waals surface area contributed by atoms with E-state index in [1.54, 1.807) is 20.8 Å². The fourth-order valence-electron chi connectivity index (χ4n) is 7.68. The number of ketones is 2. The number of hydrogen-bond donors (Lipinski definition) is 1. The second-order valence-electron chi connectivity index (χ2n) is 11.4. The molecule has 4 aliphatic carbocycles. The van der Waals surface area contributed by atoms with Gasteiger partial charge in [0.05, 0.1) is 6.10 Å². The van der Waals surface area contributed by atoms with E-state index in [2.05, 4.69) is 0 Å². The summed E-state index contributed by atoms with van der Waals surface area (Å²) in [4.78, 5) is 50.2. The molecule has 8 atom stereocenters. The van der Waals surface area contributed by atoms with Gasteiger partial charge in [0.2, 0.25) is 5.78 Å². The van der Waals surface area contributed by atoms with E-state index in [9.17, 15) is 24.3 Å². The van der Waals surface area contributed by atoms with Crippen molar-refractivity contribution >= 4 is 23.5 Å². The lowest BCUT2D eigenvalue weighted by atomic mass is 9.44. The SMILES string of the molecule is CCCC(=O)OCC(=O)[C@@]1(OC(=O)CC)CCC2C3C[C@H](F)C4=CC(=O)C=CC4(C)[C@@]3(F)C(O)CC21C. The number of rotatable bonds is 7. The van der Waals surface area contributed by atoms with E-state index in [0.29, 0.717) is 6.42 Å². The van der Waals surface area contributed by atoms with Crippen LogP contribution in [-0.2, 0) is 28.7 Å². The summed E-state index contributed by atoms with van der Waals surface area (Å²) in [6.45, 7) is 5.96. The zero-order valence-corrected chi connectivity index (χ0v) is 21.9. The maximum atomic E-state index is 17.3. The Bertz CT molecular complexity index is 1070. The summed E-state index contributed by atoms with van der Waals surface area (Å²) in [5.41, 5.74) is -6.81. The summed E-state index contributed by atoms with van der Waals surface area (Å²) in [5.74, 6) is -3.86. The van der Waals surface area contributed by atoms with Gasteiger partial charge in [-0.15, -0.1) is 0 Å². The average molecular weight is 523 g/mol. The highest BCUT2D eigenvalue weighted by Gasteiger charge is 2.76. The van der Waals surface area contributed by atoms with Crippen LogP contribution in [0.2, 0.25) is 0 Å². The van der Waals surface area contributed by atoms with E-state index in [0.717, 1.165) is 6.08 Å². The Balaban J connectivity index is 1.76. The number of halogens is 2. The lowest BCUT2D eigenvalue weighted by molar-refractivity contribution is -0.229. The van der Waals surface area contributed by atoms with Crippen LogP contribution in [0.3, 0.4) is 0 Å². The first-order chi connectivity index (χ1) is 17.3. The highest BCUT2D eigenvalue weighted by Crippen LogP contribution is 2.70. The lowest BCUT2D eigenvalue weighted by Crippen LogP contribution is -2.70. The van der Waals surface area contributed by atoms with Gasteiger partial charge in [0, 0.05) is 29.6 Å². The van der Waals surface area contributed by atoms with Crippen molar-refractivity contribution in [1.29, 1.82) is 0 Å². The van der Waals surface area contributed by atoms with E-state index in [-0.39, 0.29) is 44.1 Å². The van der Waals surface area contributed by atoms with E-state index < -0.39 is 76.3 Å². The molecule has 0 aromatic carbocycles. The maximum Gasteiger partial charge on any atom is 0.306 e. The molecule has 0 heterocycles. The van der Waals surface area contributed by atoms with Gasteiger partial charge in [0.15, 0.2) is 23.7 Å². The molecule has 7 nitrogen and oxygen atoms in total. The van der Waals surface area contributed by atoms with Gasteiger partial charge in [0.25, 0.3) is 0 Å². The third-order valence-corrected chi connectivity index (χ3v) is 9.59. The monoisotopic (exact) mass is 522 g/mol. The number of Topliss-reactive ketones (excluding diaryl/α,β-unsaturated/α-hetero) is 1. The number of fused-ring (bicyclic) bond motifs is 5. The van der Waals surface area contributed by atoms with Crippen LogP contribution in [0, 0.1) is 22.7 Å². The van der Waals surface area contributed by atoms with Crippen molar-refractivity contribution in [1.82, 2.24) is 0 Å². The van der Waals surface area contributed by atoms with Crippen LogP contribution in [-0.4, -0.2) is 58.8 Å². The summed E-state index contributed by atoms with van der Waals surface area (Å²) in [7, 11) is 0. The largest absolute Gasteiger partial charge is 0.457 e. The molecule has 0 amide bonds. The van der Waals surface area contributed by atoms with Crippen LogP contribution in [0.25, 0.3) is 0 Å². The van der Waals surface area contributed by atoms with Crippen molar-refractivity contribution < 1.29 is 42.5 Å². The first-order valence-electron chi connectivity index (χ1n) is 13.2. The fourth-order valence-corrected chi connectivity index (χ4v) is 7.68. The Hall–Kier alpha value is -2.42. The Morgan fingerprint density at radius 2 is 1.86 bits per heavy atom. The number of alkyl halides is 2. The summed E-state index contributed by atoms with van der Waals surface area (Å²) < 4.78 is 43.8. The van der Waals surface area contributed by atoms with Crippen LogP contribution >= 0.6 is 0 Å². The molecule has 0 aromatic rings. The second kappa shape index (κ2) is 9.40. The lowest BCUT2D eigenvalue weighted by Gasteiger charge is -2.63. The Kier molecular flexibility index (Phi) is 7.01. The first kappa shape index (κ1) is 27.6. The van der Waals surface area contributed by atoms with Crippen LogP contribution in [0.15, 0.2) is 23.8 Å². The summed E-state index contributed by atoms with van der Waals surface area (Å²) >= 11 is 0. The zero-order valence-electron chi connectivity index (χ0n) is 21.9. The van der Waals surface area contributed by atoms with Crippen molar-refractivity contribution in [2.75, 3.05) is 6.61 Å². The van der Waals surface area contributed by atoms with Crippen molar-refractivity contribution in [3.8, 4) is 0 Å². The third kappa shape index (κ3) is 3.82. The molecular formula is C28H36F2O7. The minimum Gasteiger partial charge on any atom is -0.457 e. The van der Waals surface area contributed by atoms with Crippen molar-refractivity contribution in [3.63, 3.8) is 0 Å². The van der Waals surface area contributed by atoms with Gasteiger partial charge in [-0.2, -0.15) is 0 Å². The molecule has 0 aliphatic heterocycles. The minimum absolute atomic E-state index is 0.0119. The van der Waals surface area contributed by atoms with Crippen molar-refractivity contribution in [3.05, 3.63) is 23.8 Å².